The summed E-state index contributed by atoms with van der Waals surface area (Å²) in [5.41, 5.74) is 2.55. The fraction of sp³-hybridized carbons (Fsp3) is 0.375. The van der Waals surface area contributed by atoms with Crippen molar-refractivity contribution in [1.29, 1.82) is 0 Å². The highest BCUT2D eigenvalue weighted by molar-refractivity contribution is 7.17. The quantitative estimate of drug-likeness (QED) is 0.614. The predicted octanol–water partition coefficient (Wildman–Crippen LogP) is 3.81. The van der Waals surface area contributed by atoms with Crippen molar-refractivity contribution in [3.63, 3.8) is 0 Å². The molecule has 7 nitrogen and oxygen atoms in total. The van der Waals surface area contributed by atoms with Gasteiger partial charge in [-0.2, -0.15) is 0 Å². The Labute approximate surface area is 188 Å². The van der Waals surface area contributed by atoms with E-state index in [4.69, 9.17) is 9.15 Å². The number of hydrogen-bond acceptors (Lipinski definition) is 6. The molecule has 1 aliphatic carbocycles. The van der Waals surface area contributed by atoms with Crippen LogP contribution in [0.1, 0.15) is 56.2 Å². The summed E-state index contributed by atoms with van der Waals surface area (Å²) in [4.78, 5) is 39.6. The molecule has 0 radical (unpaired) electrons. The number of fused-ring (bicyclic) bond motifs is 2. The third kappa shape index (κ3) is 3.96. The first-order chi connectivity index (χ1) is 15.5. The molecule has 3 aromatic rings. The molecule has 5 rings (SSSR count). The number of benzene rings is 1. The van der Waals surface area contributed by atoms with Gasteiger partial charge in [0.05, 0.1) is 17.1 Å². The SMILES string of the molecule is Cc1ccc2oc(C(=O)Nc3sc4c(c3C(=O)NC[C@H]3CCCO3)CCC4)cc(=O)c2c1. The van der Waals surface area contributed by atoms with Crippen molar-refractivity contribution >= 4 is 39.1 Å². The smallest absolute Gasteiger partial charge is 0.292 e. The normalized spacial score (nSPS) is 17.5. The molecule has 2 aliphatic rings. The summed E-state index contributed by atoms with van der Waals surface area (Å²) < 4.78 is 11.3. The maximum absolute atomic E-state index is 13.0. The van der Waals surface area contributed by atoms with Crippen molar-refractivity contribution in [3.05, 3.63) is 61.8 Å². The first kappa shape index (κ1) is 20.9. The van der Waals surface area contributed by atoms with E-state index >= 15 is 0 Å². The van der Waals surface area contributed by atoms with Crippen LogP contribution < -0.4 is 16.1 Å². The number of thiophene rings is 1. The van der Waals surface area contributed by atoms with E-state index in [0.29, 0.717) is 28.1 Å². The van der Waals surface area contributed by atoms with Gasteiger partial charge in [0.15, 0.2) is 11.2 Å². The lowest BCUT2D eigenvalue weighted by atomic mass is 10.1. The lowest BCUT2D eigenvalue weighted by molar-refractivity contribution is 0.0858. The molecule has 3 heterocycles. The number of carbonyl (C=O) groups is 2. The third-order valence-electron chi connectivity index (χ3n) is 6.00. The third-order valence-corrected chi connectivity index (χ3v) is 7.20. The zero-order valence-electron chi connectivity index (χ0n) is 17.8. The molecule has 1 aromatic carbocycles. The maximum atomic E-state index is 13.0. The molecule has 166 valence electrons. The number of aryl methyl sites for hydroxylation is 2. The molecule has 2 aromatic heterocycles. The molecule has 0 spiro atoms. The Bertz CT molecular complexity index is 1270. The zero-order valence-corrected chi connectivity index (χ0v) is 18.6. The largest absolute Gasteiger partial charge is 0.451 e. The van der Waals surface area contributed by atoms with Crippen molar-refractivity contribution < 1.29 is 18.7 Å². The van der Waals surface area contributed by atoms with Gasteiger partial charge in [-0.05, 0) is 56.7 Å². The van der Waals surface area contributed by atoms with Crippen LogP contribution >= 0.6 is 11.3 Å². The van der Waals surface area contributed by atoms with Gasteiger partial charge in [0.2, 0.25) is 0 Å². The summed E-state index contributed by atoms with van der Waals surface area (Å²) in [5, 5.41) is 6.72. The van der Waals surface area contributed by atoms with E-state index in [1.165, 1.54) is 17.4 Å². The molecule has 2 amide bonds. The van der Waals surface area contributed by atoms with Crippen molar-refractivity contribution in [2.45, 2.75) is 45.1 Å². The van der Waals surface area contributed by atoms with Gasteiger partial charge in [-0.1, -0.05) is 11.6 Å². The molecule has 0 saturated carbocycles. The summed E-state index contributed by atoms with van der Waals surface area (Å²) >= 11 is 1.42. The van der Waals surface area contributed by atoms with Crippen molar-refractivity contribution in [2.24, 2.45) is 0 Å². The van der Waals surface area contributed by atoms with E-state index < -0.39 is 5.91 Å². The minimum atomic E-state index is -0.544. The average molecular weight is 453 g/mol. The lowest BCUT2D eigenvalue weighted by Crippen LogP contribution is -2.32. The Morgan fingerprint density at radius 3 is 2.84 bits per heavy atom. The van der Waals surface area contributed by atoms with Crippen molar-refractivity contribution in [3.8, 4) is 0 Å². The van der Waals surface area contributed by atoms with E-state index in [2.05, 4.69) is 10.6 Å². The molecule has 1 aliphatic heterocycles. The monoisotopic (exact) mass is 452 g/mol. The van der Waals surface area contributed by atoms with Gasteiger partial charge in [-0.15, -0.1) is 11.3 Å². The number of ether oxygens (including phenoxy) is 1. The summed E-state index contributed by atoms with van der Waals surface area (Å²) in [6, 6.07) is 6.46. The molecule has 1 saturated heterocycles. The van der Waals surface area contributed by atoms with E-state index in [9.17, 15) is 14.4 Å². The second kappa shape index (κ2) is 8.52. The van der Waals surface area contributed by atoms with Gasteiger partial charge < -0.3 is 19.8 Å². The molecular weight excluding hydrogens is 428 g/mol. The molecule has 0 bridgehead atoms. The average Bonchev–Trinajstić information content (AvgIpc) is 3.50. The Balaban J connectivity index is 1.41. The molecule has 2 N–H and O–H groups in total. The van der Waals surface area contributed by atoms with E-state index in [1.807, 2.05) is 13.0 Å². The van der Waals surface area contributed by atoms with Crippen LogP contribution in [-0.2, 0) is 17.6 Å². The summed E-state index contributed by atoms with van der Waals surface area (Å²) in [6.45, 7) is 3.07. The number of amides is 2. The second-order valence-corrected chi connectivity index (χ2v) is 9.44. The van der Waals surface area contributed by atoms with E-state index in [1.54, 1.807) is 12.1 Å². The summed E-state index contributed by atoms with van der Waals surface area (Å²) in [5.74, 6) is -0.825. The van der Waals surface area contributed by atoms with Gasteiger partial charge in [-0.3, -0.25) is 14.4 Å². The van der Waals surface area contributed by atoms with Gasteiger partial charge >= 0.3 is 0 Å². The van der Waals surface area contributed by atoms with Crippen LogP contribution in [-0.4, -0.2) is 31.1 Å². The Morgan fingerprint density at radius 2 is 2.03 bits per heavy atom. The van der Waals surface area contributed by atoms with Crippen LogP contribution in [0.15, 0.2) is 33.5 Å². The number of hydrogen-bond donors (Lipinski definition) is 2. The van der Waals surface area contributed by atoms with Crippen molar-refractivity contribution in [2.75, 3.05) is 18.5 Å². The molecule has 8 heteroatoms. The van der Waals surface area contributed by atoms with E-state index in [0.717, 1.165) is 54.7 Å². The highest BCUT2D eigenvalue weighted by Crippen LogP contribution is 2.39. The predicted molar refractivity (Wildman–Crippen MR) is 123 cm³/mol. The Hall–Kier alpha value is -2.97. The number of rotatable bonds is 5. The minimum absolute atomic E-state index is 0.0409. The van der Waals surface area contributed by atoms with Crippen LogP contribution in [0.25, 0.3) is 11.0 Å². The standard InChI is InChI=1S/C24H24N2O5S/c1-13-7-8-18-16(10-13)17(27)11-19(31-18)22(28)26-24-21(15-5-2-6-20(15)32-24)23(29)25-12-14-4-3-9-30-14/h7-8,10-11,14H,2-6,9,12H2,1H3,(H,25,29)(H,26,28)/t14-/m1/s1. The Morgan fingerprint density at radius 1 is 1.16 bits per heavy atom. The minimum Gasteiger partial charge on any atom is -0.451 e. The van der Waals surface area contributed by atoms with Gasteiger partial charge in [0.25, 0.3) is 11.8 Å². The number of anilines is 1. The van der Waals surface area contributed by atoms with Crippen LogP contribution in [0.5, 0.6) is 0 Å². The summed E-state index contributed by atoms with van der Waals surface area (Å²) in [7, 11) is 0. The second-order valence-electron chi connectivity index (χ2n) is 8.34. The number of nitrogens with one attached hydrogen (secondary N) is 2. The van der Waals surface area contributed by atoms with Crippen LogP contribution in [0, 0.1) is 6.92 Å². The first-order valence-corrected chi connectivity index (χ1v) is 11.7. The van der Waals surface area contributed by atoms with Gasteiger partial charge in [0, 0.05) is 24.1 Å². The molecule has 1 fully saturated rings. The summed E-state index contributed by atoms with van der Waals surface area (Å²) in [6.07, 6.45) is 4.69. The molecular formula is C24H24N2O5S. The Kier molecular flexibility index (Phi) is 5.57. The van der Waals surface area contributed by atoms with Gasteiger partial charge in [0.1, 0.15) is 10.6 Å². The zero-order chi connectivity index (χ0) is 22.2. The molecule has 1 atom stereocenters. The number of carbonyl (C=O) groups excluding carboxylic acids is 2. The topological polar surface area (TPSA) is 97.6 Å². The molecule has 0 unspecified atom stereocenters. The lowest BCUT2D eigenvalue weighted by Gasteiger charge is -2.12. The highest BCUT2D eigenvalue weighted by Gasteiger charge is 2.29. The van der Waals surface area contributed by atoms with Crippen LogP contribution in [0.4, 0.5) is 5.00 Å². The fourth-order valence-electron chi connectivity index (χ4n) is 4.38. The highest BCUT2D eigenvalue weighted by atomic mass is 32.1. The van der Waals surface area contributed by atoms with Crippen molar-refractivity contribution in [1.82, 2.24) is 5.32 Å². The molecule has 32 heavy (non-hydrogen) atoms. The van der Waals surface area contributed by atoms with Crippen LogP contribution in [0.2, 0.25) is 0 Å². The van der Waals surface area contributed by atoms with E-state index in [-0.39, 0.29) is 23.2 Å². The maximum Gasteiger partial charge on any atom is 0.292 e. The fourth-order valence-corrected chi connectivity index (χ4v) is 5.66. The van der Waals surface area contributed by atoms with Crippen LogP contribution in [0.3, 0.4) is 0 Å². The van der Waals surface area contributed by atoms with Gasteiger partial charge in [-0.25, -0.2) is 0 Å². The first-order valence-electron chi connectivity index (χ1n) is 10.9.